The second-order valence-corrected chi connectivity index (χ2v) is 3.27. The van der Waals surface area contributed by atoms with Crippen LogP contribution in [0.5, 0.6) is 0 Å². The normalized spacial score (nSPS) is 15.1. The van der Waals surface area contributed by atoms with Crippen LogP contribution in [0, 0.1) is 6.92 Å². The van der Waals surface area contributed by atoms with Gasteiger partial charge in [-0.1, -0.05) is 12.1 Å². The molecule has 14 heavy (non-hydrogen) atoms. The molecule has 0 aliphatic rings. The smallest absolute Gasteiger partial charge is 0.109 e. The van der Waals surface area contributed by atoms with Crippen LogP contribution in [-0.4, -0.2) is 28.0 Å². The fraction of sp³-hybridized carbons (Fsp3) is 0.400. The number of anilines is 1. The molecule has 0 amide bonds. The predicted molar refractivity (Wildman–Crippen MR) is 53.6 cm³/mol. The van der Waals surface area contributed by atoms with Crippen molar-refractivity contribution in [3.05, 3.63) is 29.3 Å². The molecule has 4 heteroatoms. The molecule has 0 aliphatic carbocycles. The summed E-state index contributed by atoms with van der Waals surface area (Å²) < 4.78 is 0. The molecule has 2 unspecified atom stereocenters. The second-order valence-electron chi connectivity index (χ2n) is 3.27. The van der Waals surface area contributed by atoms with E-state index in [4.69, 9.17) is 10.8 Å². The lowest BCUT2D eigenvalue weighted by molar-refractivity contribution is -0.0151. The summed E-state index contributed by atoms with van der Waals surface area (Å²) in [5.41, 5.74) is 7.36. The van der Waals surface area contributed by atoms with E-state index in [1.54, 1.807) is 25.1 Å². The summed E-state index contributed by atoms with van der Waals surface area (Å²) in [5.74, 6) is 0. The van der Waals surface area contributed by atoms with Gasteiger partial charge in [0, 0.05) is 11.3 Å². The third-order valence-corrected chi connectivity index (χ3v) is 2.21. The first-order valence-corrected chi connectivity index (χ1v) is 4.40. The topological polar surface area (TPSA) is 86.7 Å². The minimum absolute atomic E-state index is 0.421. The highest BCUT2D eigenvalue weighted by molar-refractivity contribution is 5.52. The molecule has 1 aromatic carbocycles. The number of hydrogen-bond acceptors (Lipinski definition) is 4. The van der Waals surface area contributed by atoms with Crippen LogP contribution in [0.25, 0.3) is 0 Å². The van der Waals surface area contributed by atoms with Crippen LogP contribution in [0.3, 0.4) is 0 Å². The summed E-state index contributed by atoms with van der Waals surface area (Å²) in [6, 6.07) is 5.21. The van der Waals surface area contributed by atoms with Gasteiger partial charge in [0.25, 0.3) is 0 Å². The van der Waals surface area contributed by atoms with Gasteiger partial charge in [0.05, 0.1) is 6.61 Å². The maximum atomic E-state index is 9.66. The van der Waals surface area contributed by atoms with E-state index in [0.29, 0.717) is 11.3 Å². The Labute approximate surface area is 82.6 Å². The standard InChI is InChI=1S/C10H15NO3/c1-6-3-2-4-7(11)9(6)10(14)8(13)5-12/h2-4,8,10,12-14H,5,11H2,1H3. The molecule has 0 fully saturated rings. The van der Waals surface area contributed by atoms with Crippen molar-refractivity contribution in [2.45, 2.75) is 19.1 Å². The van der Waals surface area contributed by atoms with Crippen LogP contribution >= 0.6 is 0 Å². The van der Waals surface area contributed by atoms with Gasteiger partial charge in [0.2, 0.25) is 0 Å². The van der Waals surface area contributed by atoms with Crippen molar-refractivity contribution in [2.75, 3.05) is 12.3 Å². The minimum Gasteiger partial charge on any atom is -0.398 e. The Balaban J connectivity index is 3.05. The fourth-order valence-corrected chi connectivity index (χ4v) is 1.40. The first-order valence-electron chi connectivity index (χ1n) is 4.40. The first-order chi connectivity index (χ1) is 6.57. The number of aryl methyl sites for hydroxylation is 1. The van der Waals surface area contributed by atoms with E-state index < -0.39 is 18.8 Å². The summed E-state index contributed by atoms with van der Waals surface area (Å²) in [6.07, 6.45) is -2.33. The maximum Gasteiger partial charge on any atom is 0.109 e. The number of aliphatic hydroxyl groups excluding tert-OH is 3. The number of nitrogen functional groups attached to an aromatic ring is 1. The van der Waals surface area contributed by atoms with Gasteiger partial charge < -0.3 is 21.1 Å². The van der Waals surface area contributed by atoms with Crippen LogP contribution in [-0.2, 0) is 0 Å². The molecule has 2 atom stereocenters. The Morgan fingerprint density at radius 2 is 2.00 bits per heavy atom. The van der Waals surface area contributed by atoms with Crippen molar-refractivity contribution in [2.24, 2.45) is 0 Å². The Bertz CT molecular complexity index is 294. The summed E-state index contributed by atoms with van der Waals surface area (Å²) in [6.45, 7) is 1.30. The lowest BCUT2D eigenvalue weighted by Gasteiger charge is -2.19. The number of hydrogen-bond donors (Lipinski definition) is 4. The molecular formula is C10H15NO3. The highest BCUT2D eigenvalue weighted by Gasteiger charge is 2.21. The molecule has 0 saturated carbocycles. The van der Waals surface area contributed by atoms with Crippen molar-refractivity contribution in [1.29, 1.82) is 0 Å². The summed E-state index contributed by atoms with van der Waals surface area (Å²) in [4.78, 5) is 0. The van der Waals surface area contributed by atoms with E-state index in [1.165, 1.54) is 0 Å². The lowest BCUT2D eigenvalue weighted by atomic mass is 9.98. The average molecular weight is 197 g/mol. The highest BCUT2D eigenvalue weighted by Crippen LogP contribution is 2.26. The van der Waals surface area contributed by atoms with E-state index >= 15 is 0 Å². The molecule has 1 aromatic rings. The summed E-state index contributed by atoms with van der Waals surface area (Å²) in [5, 5.41) is 27.6. The van der Waals surface area contributed by atoms with E-state index in [0.717, 1.165) is 5.56 Å². The van der Waals surface area contributed by atoms with Gasteiger partial charge in [0.1, 0.15) is 12.2 Å². The van der Waals surface area contributed by atoms with Gasteiger partial charge in [-0.3, -0.25) is 0 Å². The van der Waals surface area contributed by atoms with Crippen LogP contribution in [0.15, 0.2) is 18.2 Å². The van der Waals surface area contributed by atoms with Gasteiger partial charge in [-0.15, -0.1) is 0 Å². The summed E-state index contributed by atoms with van der Waals surface area (Å²) >= 11 is 0. The molecule has 4 nitrogen and oxygen atoms in total. The molecule has 0 aromatic heterocycles. The van der Waals surface area contributed by atoms with Crippen LogP contribution in [0.1, 0.15) is 17.2 Å². The Kier molecular flexibility index (Phi) is 3.46. The molecule has 5 N–H and O–H groups in total. The van der Waals surface area contributed by atoms with Crippen molar-refractivity contribution in [3.8, 4) is 0 Å². The molecule has 0 bridgehead atoms. The number of nitrogens with two attached hydrogens (primary N) is 1. The third-order valence-electron chi connectivity index (χ3n) is 2.21. The second kappa shape index (κ2) is 4.41. The molecule has 78 valence electrons. The van der Waals surface area contributed by atoms with E-state index in [1.807, 2.05) is 0 Å². The predicted octanol–water partition coefficient (Wildman–Crippen LogP) is -0.0362. The summed E-state index contributed by atoms with van der Waals surface area (Å²) in [7, 11) is 0. The van der Waals surface area contributed by atoms with Gasteiger partial charge in [0.15, 0.2) is 0 Å². The molecule has 0 aliphatic heterocycles. The highest BCUT2D eigenvalue weighted by atomic mass is 16.4. The molecule has 0 heterocycles. The van der Waals surface area contributed by atoms with Crippen LogP contribution < -0.4 is 5.73 Å². The van der Waals surface area contributed by atoms with E-state index in [9.17, 15) is 10.2 Å². The Hall–Kier alpha value is -1.10. The SMILES string of the molecule is Cc1cccc(N)c1C(O)C(O)CO. The molecule has 0 spiro atoms. The maximum absolute atomic E-state index is 9.66. The van der Waals surface area contributed by atoms with Crippen molar-refractivity contribution >= 4 is 5.69 Å². The fourth-order valence-electron chi connectivity index (χ4n) is 1.40. The zero-order valence-electron chi connectivity index (χ0n) is 8.01. The minimum atomic E-state index is -1.20. The van der Waals surface area contributed by atoms with E-state index in [-0.39, 0.29) is 0 Å². The van der Waals surface area contributed by atoms with Gasteiger partial charge in [-0.05, 0) is 18.6 Å². The largest absolute Gasteiger partial charge is 0.398 e. The monoisotopic (exact) mass is 197 g/mol. The van der Waals surface area contributed by atoms with Gasteiger partial charge in [-0.2, -0.15) is 0 Å². The third kappa shape index (κ3) is 2.04. The quantitative estimate of drug-likeness (QED) is 0.512. The van der Waals surface area contributed by atoms with Crippen molar-refractivity contribution < 1.29 is 15.3 Å². The first kappa shape index (κ1) is 11.0. The van der Waals surface area contributed by atoms with Crippen LogP contribution in [0.2, 0.25) is 0 Å². The average Bonchev–Trinajstić information content (AvgIpc) is 2.16. The van der Waals surface area contributed by atoms with E-state index in [2.05, 4.69) is 0 Å². The number of benzene rings is 1. The van der Waals surface area contributed by atoms with Crippen molar-refractivity contribution in [3.63, 3.8) is 0 Å². The Morgan fingerprint density at radius 1 is 1.36 bits per heavy atom. The van der Waals surface area contributed by atoms with Crippen molar-refractivity contribution in [1.82, 2.24) is 0 Å². The molecule has 0 saturated heterocycles. The molecular weight excluding hydrogens is 182 g/mol. The zero-order valence-corrected chi connectivity index (χ0v) is 8.01. The molecule has 1 rings (SSSR count). The number of aliphatic hydroxyl groups is 3. The van der Waals surface area contributed by atoms with Crippen LogP contribution in [0.4, 0.5) is 5.69 Å². The van der Waals surface area contributed by atoms with Gasteiger partial charge in [-0.25, -0.2) is 0 Å². The Morgan fingerprint density at radius 3 is 2.50 bits per heavy atom. The number of rotatable bonds is 3. The lowest BCUT2D eigenvalue weighted by Crippen LogP contribution is -2.23. The molecule has 0 radical (unpaired) electrons. The zero-order chi connectivity index (χ0) is 10.7. The van der Waals surface area contributed by atoms with Gasteiger partial charge >= 0.3 is 0 Å².